The minimum Gasteiger partial charge on any atom is -0.497 e. The SMILES string of the molecule is COC(=O)c1sc2c(cnc3cc(OC)c(OC)cc32)c1NC(=O)c1ccc(OC)cc1. The van der Waals surface area contributed by atoms with Crippen LogP contribution in [0, 0.1) is 0 Å². The van der Waals surface area contributed by atoms with Crippen molar-refractivity contribution in [2.24, 2.45) is 0 Å². The highest BCUT2D eigenvalue weighted by Crippen LogP contribution is 2.42. The Hall–Kier alpha value is -3.85. The molecule has 32 heavy (non-hydrogen) atoms. The van der Waals surface area contributed by atoms with E-state index in [1.807, 2.05) is 0 Å². The smallest absolute Gasteiger partial charge is 0.350 e. The molecule has 164 valence electrons. The third-order valence-corrected chi connectivity index (χ3v) is 6.20. The Morgan fingerprint density at radius 1 is 0.906 bits per heavy atom. The summed E-state index contributed by atoms with van der Waals surface area (Å²) in [5.41, 5.74) is 1.43. The fourth-order valence-corrected chi connectivity index (χ4v) is 4.52. The number of anilines is 1. The molecule has 4 aromatic rings. The second kappa shape index (κ2) is 8.72. The lowest BCUT2D eigenvalue weighted by atomic mass is 10.1. The Labute approximate surface area is 187 Å². The monoisotopic (exact) mass is 452 g/mol. The van der Waals surface area contributed by atoms with Gasteiger partial charge in [0.15, 0.2) is 11.5 Å². The molecule has 0 bridgehead atoms. The minimum absolute atomic E-state index is 0.272. The summed E-state index contributed by atoms with van der Waals surface area (Å²) in [4.78, 5) is 30.2. The highest BCUT2D eigenvalue weighted by molar-refractivity contribution is 7.22. The first-order chi connectivity index (χ1) is 15.5. The highest BCUT2D eigenvalue weighted by Gasteiger charge is 2.23. The Kier molecular flexibility index (Phi) is 5.83. The lowest BCUT2D eigenvalue weighted by Crippen LogP contribution is -2.14. The Morgan fingerprint density at radius 2 is 1.59 bits per heavy atom. The van der Waals surface area contributed by atoms with Crippen LogP contribution in [0.5, 0.6) is 17.2 Å². The molecule has 1 N–H and O–H groups in total. The van der Waals surface area contributed by atoms with Crippen LogP contribution in [0.4, 0.5) is 5.69 Å². The quantitative estimate of drug-likeness (QED) is 0.430. The number of esters is 1. The Balaban J connectivity index is 1.87. The van der Waals surface area contributed by atoms with Crippen molar-refractivity contribution in [3.8, 4) is 17.2 Å². The summed E-state index contributed by atoms with van der Waals surface area (Å²) < 4.78 is 21.6. The molecule has 0 saturated heterocycles. The summed E-state index contributed by atoms with van der Waals surface area (Å²) in [6.07, 6.45) is 1.62. The fourth-order valence-electron chi connectivity index (χ4n) is 3.35. The van der Waals surface area contributed by atoms with Gasteiger partial charge in [0.05, 0.1) is 39.6 Å². The lowest BCUT2D eigenvalue weighted by Gasteiger charge is -2.10. The average Bonchev–Trinajstić information content (AvgIpc) is 3.21. The molecule has 4 rings (SSSR count). The number of nitrogens with zero attached hydrogens (tertiary/aromatic N) is 1. The number of ether oxygens (including phenoxy) is 4. The van der Waals surface area contributed by atoms with Crippen molar-refractivity contribution in [2.75, 3.05) is 33.8 Å². The maximum Gasteiger partial charge on any atom is 0.350 e. The van der Waals surface area contributed by atoms with Crippen LogP contribution in [0.2, 0.25) is 0 Å². The minimum atomic E-state index is -0.551. The largest absolute Gasteiger partial charge is 0.497 e. The third-order valence-electron chi connectivity index (χ3n) is 4.99. The number of thiophene rings is 1. The zero-order chi connectivity index (χ0) is 22.8. The topological polar surface area (TPSA) is 96.0 Å². The summed E-state index contributed by atoms with van der Waals surface area (Å²) in [5.74, 6) is 0.795. The van der Waals surface area contributed by atoms with E-state index in [0.29, 0.717) is 39.4 Å². The highest BCUT2D eigenvalue weighted by atomic mass is 32.1. The second-order valence-electron chi connectivity index (χ2n) is 6.71. The first kappa shape index (κ1) is 21.4. The lowest BCUT2D eigenvalue weighted by molar-refractivity contribution is 0.0607. The number of pyridine rings is 1. The molecule has 2 heterocycles. The van der Waals surface area contributed by atoms with E-state index in [1.54, 1.807) is 63.9 Å². The molecular formula is C23H20N2O6S. The predicted octanol–water partition coefficient (Wildman–Crippen LogP) is 4.51. The van der Waals surface area contributed by atoms with E-state index in [2.05, 4.69) is 10.3 Å². The number of carbonyl (C=O) groups is 2. The van der Waals surface area contributed by atoms with Crippen LogP contribution in [-0.4, -0.2) is 45.3 Å². The van der Waals surface area contributed by atoms with Gasteiger partial charge in [-0.1, -0.05) is 0 Å². The van der Waals surface area contributed by atoms with Crippen molar-refractivity contribution in [1.82, 2.24) is 4.98 Å². The van der Waals surface area contributed by atoms with Crippen LogP contribution in [0.1, 0.15) is 20.0 Å². The normalized spacial score (nSPS) is 10.8. The van der Waals surface area contributed by atoms with E-state index in [9.17, 15) is 9.59 Å². The van der Waals surface area contributed by atoms with E-state index < -0.39 is 5.97 Å². The van der Waals surface area contributed by atoms with Gasteiger partial charge >= 0.3 is 5.97 Å². The van der Waals surface area contributed by atoms with Crippen molar-refractivity contribution in [2.45, 2.75) is 0 Å². The Bertz CT molecular complexity index is 1330. The second-order valence-corrected chi connectivity index (χ2v) is 7.73. The first-order valence-electron chi connectivity index (χ1n) is 9.51. The van der Waals surface area contributed by atoms with Crippen molar-refractivity contribution in [1.29, 1.82) is 0 Å². The van der Waals surface area contributed by atoms with Crippen LogP contribution in [0.15, 0.2) is 42.6 Å². The van der Waals surface area contributed by atoms with Gasteiger partial charge in [-0.25, -0.2) is 4.79 Å². The molecule has 2 aromatic carbocycles. The van der Waals surface area contributed by atoms with Crippen LogP contribution < -0.4 is 19.5 Å². The molecule has 0 saturated carbocycles. The number of hydrogen-bond acceptors (Lipinski definition) is 8. The molecule has 0 spiro atoms. The van der Waals surface area contributed by atoms with Crippen LogP contribution >= 0.6 is 11.3 Å². The fraction of sp³-hybridized carbons (Fsp3) is 0.174. The van der Waals surface area contributed by atoms with E-state index in [1.165, 1.54) is 18.4 Å². The first-order valence-corrected chi connectivity index (χ1v) is 10.3. The number of amides is 1. The number of hydrogen-bond donors (Lipinski definition) is 1. The molecule has 2 aromatic heterocycles. The molecule has 0 radical (unpaired) electrons. The van der Waals surface area contributed by atoms with Crippen molar-refractivity contribution in [3.63, 3.8) is 0 Å². The van der Waals surface area contributed by atoms with Gasteiger partial charge in [0, 0.05) is 33.3 Å². The molecule has 1 amide bonds. The number of benzene rings is 2. The summed E-state index contributed by atoms with van der Waals surface area (Å²) >= 11 is 1.22. The zero-order valence-corrected chi connectivity index (χ0v) is 18.7. The van der Waals surface area contributed by atoms with Crippen molar-refractivity contribution >= 4 is 49.9 Å². The third kappa shape index (κ3) is 3.67. The van der Waals surface area contributed by atoms with Crippen LogP contribution in [0.3, 0.4) is 0 Å². The molecule has 0 aliphatic heterocycles. The molecule has 0 atom stereocenters. The number of methoxy groups -OCH3 is 4. The van der Waals surface area contributed by atoms with Gasteiger partial charge in [-0.15, -0.1) is 11.3 Å². The molecule has 9 heteroatoms. The predicted molar refractivity (Wildman–Crippen MR) is 123 cm³/mol. The molecule has 8 nitrogen and oxygen atoms in total. The van der Waals surface area contributed by atoms with E-state index in [-0.39, 0.29) is 10.8 Å². The number of nitrogens with one attached hydrogen (secondary N) is 1. The molecule has 0 aliphatic carbocycles. The molecule has 0 aliphatic rings. The van der Waals surface area contributed by atoms with Gasteiger partial charge in [0.1, 0.15) is 10.6 Å². The number of carbonyl (C=O) groups excluding carboxylic acids is 2. The number of rotatable bonds is 6. The van der Waals surface area contributed by atoms with E-state index in [4.69, 9.17) is 18.9 Å². The number of fused-ring (bicyclic) bond motifs is 3. The maximum absolute atomic E-state index is 12.9. The maximum atomic E-state index is 12.9. The van der Waals surface area contributed by atoms with Crippen molar-refractivity contribution in [3.05, 3.63) is 53.0 Å². The molecule has 0 fully saturated rings. The summed E-state index contributed by atoms with van der Waals surface area (Å²) in [6, 6.07) is 10.2. The molecule has 0 unspecified atom stereocenters. The zero-order valence-electron chi connectivity index (χ0n) is 17.8. The summed E-state index contributed by atoms with van der Waals surface area (Å²) in [6.45, 7) is 0. The standard InChI is InChI=1S/C23H20N2O6S/c1-28-13-7-5-12(6-8-13)22(26)25-19-15-11-24-16-10-18(30-3)17(29-2)9-14(16)20(15)32-21(19)23(27)31-4/h5-11H,1-4H3,(H,25,26). The average molecular weight is 452 g/mol. The van der Waals surface area contributed by atoms with Gasteiger partial charge in [0.25, 0.3) is 5.91 Å². The summed E-state index contributed by atoms with van der Waals surface area (Å²) in [5, 5.41) is 4.24. The van der Waals surface area contributed by atoms with Crippen LogP contribution in [-0.2, 0) is 4.74 Å². The van der Waals surface area contributed by atoms with Crippen LogP contribution in [0.25, 0.3) is 21.0 Å². The summed E-state index contributed by atoms with van der Waals surface area (Å²) in [7, 11) is 5.95. The van der Waals surface area contributed by atoms with Gasteiger partial charge in [-0.2, -0.15) is 0 Å². The van der Waals surface area contributed by atoms with Gasteiger partial charge in [-0.3, -0.25) is 9.78 Å². The van der Waals surface area contributed by atoms with Crippen molar-refractivity contribution < 1.29 is 28.5 Å². The van der Waals surface area contributed by atoms with E-state index in [0.717, 1.165) is 10.1 Å². The van der Waals surface area contributed by atoms with Gasteiger partial charge < -0.3 is 24.3 Å². The Morgan fingerprint density at radius 3 is 2.22 bits per heavy atom. The van der Waals surface area contributed by atoms with Gasteiger partial charge in [-0.05, 0) is 30.3 Å². The molecular weight excluding hydrogens is 432 g/mol. The van der Waals surface area contributed by atoms with E-state index >= 15 is 0 Å². The number of aromatic nitrogens is 1. The van der Waals surface area contributed by atoms with Gasteiger partial charge in [0.2, 0.25) is 0 Å².